The largest absolute Gasteiger partial charge is 0.337 e. The number of nitrogens with zero attached hydrogens (tertiary/aromatic N) is 1. The van der Waals surface area contributed by atoms with Crippen molar-refractivity contribution < 1.29 is 13.2 Å². The molecule has 2 aliphatic heterocycles. The average molecular weight is 344 g/mol. The van der Waals surface area contributed by atoms with Gasteiger partial charge in [0.05, 0.1) is 17.4 Å². The Kier molecular flexibility index (Phi) is 3.17. The maximum atomic E-state index is 12.3. The highest BCUT2D eigenvalue weighted by molar-refractivity contribution is 9.10. The van der Waals surface area contributed by atoms with Crippen molar-refractivity contribution in [2.24, 2.45) is 0 Å². The molecule has 1 amide bonds. The molecule has 4 nitrogen and oxygen atoms in total. The lowest BCUT2D eigenvalue weighted by molar-refractivity contribution is -0.131. The van der Waals surface area contributed by atoms with Crippen molar-refractivity contribution in [2.45, 2.75) is 24.1 Å². The number of hydrogen-bond donors (Lipinski definition) is 0. The number of carbonyl (C=O) groups excluding carboxylic acids is 1. The van der Waals surface area contributed by atoms with Crippen LogP contribution in [0.15, 0.2) is 28.7 Å². The average Bonchev–Trinajstić information content (AvgIpc) is 2.87. The van der Waals surface area contributed by atoms with Gasteiger partial charge < -0.3 is 4.90 Å². The summed E-state index contributed by atoms with van der Waals surface area (Å²) in [4.78, 5) is 14.0. The van der Waals surface area contributed by atoms with Gasteiger partial charge in [0.25, 0.3) is 0 Å². The van der Waals surface area contributed by atoms with Crippen molar-refractivity contribution in [3.63, 3.8) is 0 Å². The van der Waals surface area contributed by atoms with Crippen LogP contribution in [0.2, 0.25) is 0 Å². The molecule has 0 unspecified atom stereocenters. The van der Waals surface area contributed by atoms with E-state index in [0.29, 0.717) is 19.4 Å². The highest BCUT2D eigenvalue weighted by Gasteiger charge is 2.49. The Hall–Kier alpha value is -0.880. The van der Waals surface area contributed by atoms with Crippen LogP contribution in [-0.4, -0.2) is 42.8 Å². The molecule has 2 atom stereocenters. The highest BCUT2D eigenvalue weighted by Crippen LogP contribution is 2.33. The van der Waals surface area contributed by atoms with E-state index in [9.17, 15) is 13.2 Å². The number of rotatable bonds is 2. The minimum atomic E-state index is -2.94. The molecule has 2 bridgehead atoms. The minimum absolute atomic E-state index is 0.0225. The molecule has 0 saturated carbocycles. The Bertz CT molecular complexity index is 629. The van der Waals surface area contributed by atoms with Crippen molar-refractivity contribution in [3.05, 3.63) is 34.3 Å². The molecule has 2 fully saturated rings. The predicted molar refractivity (Wildman–Crippen MR) is 75.5 cm³/mol. The molecule has 1 aromatic rings. The zero-order valence-corrected chi connectivity index (χ0v) is 12.7. The fourth-order valence-corrected chi connectivity index (χ4v) is 5.36. The van der Waals surface area contributed by atoms with E-state index in [1.807, 2.05) is 24.3 Å². The predicted octanol–water partition coefficient (Wildman–Crippen LogP) is 1.39. The Labute approximate surface area is 120 Å². The molecule has 0 N–H and O–H groups in total. The zero-order valence-electron chi connectivity index (χ0n) is 10.3. The first-order valence-corrected chi connectivity index (χ1v) is 8.72. The number of fused-ring (bicyclic) bond motifs is 2. The smallest absolute Gasteiger partial charge is 0.227 e. The molecule has 0 aromatic heterocycles. The first kappa shape index (κ1) is 13.1. The number of benzene rings is 1. The molecule has 0 aliphatic carbocycles. The van der Waals surface area contributed by atoms with Gasteiger partial charge in [0.2, 0.25) is 5.91 Å². The van der Waals surface area contributed by atoms with E-state index in [1.165, 1.54) is 0 Å². The Morgan fingerprint density at radius 1 is 1.37 bits per heavy atom. The van der Waals surface area contributed by atoms with Crippen molar-refractivity contribution in [1.82, 2.24) is 4.90 Å². The van der Waals surface area contributed by atoms with Crippen molar-refractivity contribution in [1.29, 1.82) is 0 Å². The van der Waals surface area contributed by atoms with Crippen LogP contribution in [0.3, 0.4) is 0 Å². The summed E-state index contributed by atoms with van der Waals surface area (Å²) in [5.74, 6) is 0.161. The van der Waals surface area contributed by atoms with Gasteiger partial charge in [-0.15, -0.1) is 0 Å². The summed E-state index contributed by atoms with van der Waals surface area (Å²) in [5, 5.41) is -0.333. The van der Waals surface area contributed by atoms with Gasteiger partial charge in [0.1, 0.15) is 0 Å². The van der Waals surface area contributed by atoms with E-state index < -0.39 is 9.84 Å². The second kappa shape index (κ2) is 4.59. The number of likely N-dealkylation sites (tertiary alicyclic amines) is 1. The molecular formula is C13H14BrNO3S. The van der Waals surface area contributed by atoms with E-state index >= 15 is 0 Å². The molecule has 102 valence electrons. The van der Waals surface area contributed by atoms with E-state index in [-0.39, 0.29) is 23.0 Å². The van der Waals surface area contributed by atoms with Gasteiger partial charge in [-0.25, -0.2) is 8.42 Å². The molecule has 6 heteroatoms. The third-order valence-corrected chi connectivity index (χ3v) is 6.91. The molecule has 0 spiro atoms. The lowest BCUT2D eigenvalue weighted by Gasteiger charge is -2.27. The molecule has 19 heavy (non-hydrogen) atoms. The molecule has 2 heterocycles. The molecule has 1 aromatic carbocycles. The van der Waals surface area contributed by atoms with Gasteiger partial charge in [-0.1, -0.05) is 34.1 Å². The lowest BCUT2D eigenvalue weighted by atomic mass is 10.1. The minimum Gasteiger partial charge on any atom is -0.337 e. The first-order chi connectivity index (χ1) is 8.97. The summed E-state index contributed by atoms with van der Waals surface area (Å²) in [7, 11) is -2.94. The lowest BCUT2D eigenvalue weighted by Crippen LogP contribution is -2.44. The second-order valence-electron chi connectivity index (χ2n) is 5.16. The summed E-state index contributed by atoms with van der Waals surface area (Å²) in [6, 6.07) is 7.51. The fraction of sp³-hybridized carbons (Fsp3) is 0.462. The number of amides is 1. The number of sulfone groups is 1. The summed E-state index contributed by atoms with van der Waals surface area (Å²) in [6.45, 7) is 0.371. The Morgan fingerprint density at radius 2 is 2.11 bits per heavy atom. The van der Waals surface area contributed by atoms with E-state index in [1.54, 1.807) is 4.90 Å². The third kappa shape index (κ3) is 2.31. The fourth-order valence-electron chi connectivity index (χ4n) is 2.91. The standard InChI is InChI=1S/C13H14BrNO3S/c14-12-4-2-1-3-9(12)5-13(16)15-7-11-6-10(15)8-19(11,17)18/h1-4,10-11H,5-8H2/t10-,11+/m0/s1. The van der Waals surface area contributed by atoms with Crippen LogP contribution in [0.4, 0.5) is 0 Å². The SMILES string of the molecule is O=C(Cc1ccccc1Br)N1C[C@H]2C[C@H]1CS2(=O)=O. The molecule has 2 aliphatic rings. The van der Waals surface area contributed by atoms with E-state index in [4.69, 9.17) is 0 Å². The van der Waals surface area contributed by atoms with Crippen LogP contribution >= 0.6 is 15.9 Å². The van der Waals surface area contributed by atoms with Gasteiger partial charge in [-0.05, 0) is 18.1 Å². The van der Waals surface area contributed by atoms with Crippen LogP contribution in [0.5, 0.6) is 0 Å². The van der Waals surface area contributed by atoms with Crippen LogP contribution in [0.1, 0.15) is 12.0 Å². The quantitative estimate of drug-likeness (QED) is 0.815. The van der Waals surface area contributed by atoms with E-state index in [0.717, 1.165) is 10.0 Å². The van der Waals surface area contributed by atoms with Crippen LogP contribution < -0.4 is 0 Å². The van der Waals surface area contributed by atoms with Crippen molar-refractivity contribution in [3.8, 4) is 0 Å². The first-order valence-electron chi connectivity index (χ1n) is 6.22. The maximum absolute atomic E-state index is 12.3. The number of halogens is 1. The molecule has 2 saturated heterocycles. The summed E-state index contributed by atoms with van der Waals surface area (Å²) in [6.07, 6.45) is 0.939. The van der Waals surface area contributed by atoms with Gasteiger partial charge >= 0.3 is 0 Å². The van der Waals surface area contributed by atoms with Gasteiger partial charge in [-0.2, -0.15) is 0 Å². The van der Waals surface area contributed by atoms with Crippen molar-refractivity contribution in [2.75, 3.05) is 12.3 Å². The third-order valence-electron chi connectivity index (χ3n) is 3.93. The van der Waals surface area contributed by atoms with Crippen LogP contribution in [0, 0.1) is 0 Å². The topological polar surface area (TPSA) is 54.5 Å². The van der Waals surface area contributed by atoms with Gasteiger partial charge in [0.15, 0.2) is 9.84 Å². The molecular weight excluding hydrogens is 330 g/mol. The number of carbonyl (C=O) groups is 1. The van der Waals surface area contributed by atoms with Crippen LogP contribution in [-0.2, 0) is 21.1 Å². The monoisotopic (exact) mass is 343 g/mol. The summed E-state index contributed by atoms with van der Waals surface area (Å²) < 4.78 is 24.2. The number of hydrogen-bond acceptors (Lipinski definition) is 3. The highest BCUT2D eigenvalue weighted by atomic mass is 79.9. The van der Waals surface area contributed by atoms with E-state index in [2.05, 4.69) is 15.9 Å². The van der Waals surface area contributed by atoms with Gasteiger partial charge in [-0.3, -0.25) is 4.79 Å². The Balaban J connectivity index is 1.73. The van der Waals surface area contributed by atoms with Crippen LogP contribution in [0.25, 0.3) is 0 Å². The molecule has 3 rings (SSSR count). The normalized spacial score (nSPS) is 27.7. The summed E-state index contributed by atoms with van der Waals surface area (Å²) in [5.41, 5.74) is 0.943. The zero-order chi connectivity index (χ0) is 13.6. The second-order valence-corrected chi connectivity index (χ2v) is 8.34. The molecule has 0 radical (unpaired) electrons. The van der Waals surface area contributed by atoms with Gasteiger partial charge in [0, 0.05) is 17.1 Å². The van der Waals surface area contributed by atoms with Crippen molar-refractivity contribution >= 4 is 31.7 Å². The summed E-state index contributed by atoms with van der Waals surface area (Å²) >= 11 is 3.43. The Morgan fingerprint density at radius 3 is 2.68 bits per heavy atom. The maximum Gasteiger partial charge on any atom is 0.227 e.